The Morgan fingerprint density at radius 3 is 2.46 bits per heavy atom. The van der Waals surface area contributed by atoms with Gasteiger partial charge in [-0.1, -0.05) is 18.2 Å². The number of piperidine rings is 1. The zero-order valence-electron chi connectivity index (χ0n) is 20.6. The second-order valence-corrected chi connectivity index (χ2v) is 10.2. The van der Waals surface area contributed by atoms with E-state index in [1.54, 1.807) is 24.4 Å². The van der Waals surface area contributed by atoms with Gasteiger partial charge in [0, 0.05) is 36.8 Å². The normalized spacial score (nSPS) is 22.8. The lowest BCUT2D eigenvalue weighted by Crippen LogP contribution is -2.28. The van der Waals surface area contributed by atoms with E-state index in [1.807, 2.05) is 0 Å². The molecular formula is C27H25ClF5N3O3. The first kappa shape index (κ1) is 27.4. The van der Waals surface area contributed by atoms with E-state index in [1.165, 1.54) is 34.9 Å². The van der Waals surface area contributed by atoms with Gasteiger partial charge in [0.15, 0.2) is 11.5 Å². The summed E-state index contributed by atoms with van der Waals surface area (Å²) in [6.45, 7) is 3.04. The molecule has 0 radical (unpaired) electrons. The van der Waals surface area contributed by atoms with Crippen LogP contribution in [-0.2, 0) is 18.1 Å². The minimum Gasteiger partial charge on any atom is -0.395 e. The van der Waals surface area contributed by atoms with Crippen LogP contribution in [0.2, 0.25) is 0 Å². The van der Waals surface area contributed by atoms with Gasteiger partial charge in [0.25, 0.3) is 0 Å². The quantitative estimate of drug-likeness (QED) is 0.269. The summed E-state index contributed by atoms with van der Waals surface area (Å²) >= 11 is 0. The highest BCUT2D eigenvalue weighted by Gasteiger charge is 2.60. The van der Waals surface area contributed by atoms with Gasteiger partial charge in [-0.15, -0.1) is 21.2 Å². The summed E-state index contributed by atoms with van der Waals surface area (Å²) in [5, 5.41) is 0. The Bertz CT molecular complexity index is 1430. The molecule has 2 aromatic carbocycles. The first-order valence-electron chi connectivity index (χ1n) is 12.4. The molecule has 6 rings (SSSR count). The number of halogens is 6. The molecule has 1 saturated carbocycles. The summed E-state index contributed by atoms with van der Waals surface area (Å²) in [5.41, 5.74) is 0.277. The predicted molar refractivity (Wildman–Crippen MR) is 134 cm³/mol. The number of nitrogens with zero attached hydrogens (tertiary/aromatic N) is 3. The van der Waals surface area contributed by atoms with Crippen molar-refractivity contribution in [2.75, 3.05) is 19.6 Å². The number of para-hydroxylation sites is 1. The molecule has 3 heterocycles. The van der Waals surface area contributed by atoms with Crippen molar-refractivity contribution >= 4 is 12.4 Å². The first-order valence-corrected chi connectivity index (χ1v) is 12.4. The highest BCUT2D eigenvalue weighted by Crippen LogP contribution is 2.59. The molecule has 0 spiro atoms. The van der Waals surface area contributed by atoms with Gasteiger partial charge in [-0.25, -0.2) is 4.79 Å². The minimum absolute atomic E-state index is 0. The highest BCUT2D eigenvalue weighted by atomic mass is 35.5. The van der Waals surface area contributed by atoms with Crippen LogP contribution in [0.15, 0.2) is 59.5 Å². The summed E-state index contributed by atoms with van der Waals surface area (Å²) in [5.74, 6) is 0.199. The molecule has 0 N–H and O–H groups in total. The van der Waals surface area contributed by atoms with Gasteiger partial charge in [0.1, 0.15) is 0 Å². The number of benzene rings is 2. The molecule has 6 nitrogen and oxygen atoms in total. The number of fused-ring (bicyclic) bond motifs is 2. The Kier molecular flexibility index (Phi) is 6.87. The smallest absolute Gasteiger partial charge is 0.395 e. The second kappa shape index (κ2) is 9.78. The summed E-state index contributed by atoms with van der Waals surface area (Å²) in [7, 11) is 0. The van der Waals surface area contributed by atoms with Crippen LogP contribution in [0.25, 0.3) is 11.3 Å². The van der Waals surface area contributed by atoms with Gasteiger partial charge >= 0.3 is 18.2 Å². The zero-order chi connectivity index (χ0) is 26.7. The Labute approximate surface area is 226 Å². The van der Waals surface area contributed by atoms with Crippen molar-refractivity contribution in [1.29, 1.82) is 0 Å². The van der Waals surface area contributed by atoms with Crippen molar-refractivity contribution in [3.63, 3.8) is 0 Å². The van der Waals surface area contributed by atoms with Crippen LogP contribution in [0.3, 0.4) is 0 Å². The number of rotatable bonds is 7. The maximum Gasteiger partial charge on any atom is 0.586 e. The SMILES string of the molecule is Cl.O=c1nc(-c2cccc3c2OC(F)(F)O3)ccn1CCCCN1C[C@@H]2C[C@]2(c2ccc(C(F)(F)F)cc2)C1. The molecule has 2 fully saturated rings. The number of alkyl halides is 5. The van der Waals surface area contributed by atoms with Gasteiger partial charge in [-0.2, -0.15) is 18.2 Å². The Balaban J connectivity index is 0.00000308. The van der Waals surface area contributed by atoms with E-state index in [0.717, 1.165) is 44.5 Å². The Hall–Kier alpha value is -3.18. The van der Waals surface area contributed by atoms with Crippen molar-refractivity contribution in [3.8, 4) is 22.8 Å². The summed E-state index contributed by atoms with van der Waals surface area (Å²) in [4.78, 5) is 19.0. The fraction of sp³-hybridized carbons (Fsp3) is 0.407. The third-order valence-corrected chi connectivity index (χ3v) is 7.71. The lowest BCUT2D eigenvalue weighted by atomic mass is 9.94. The van der Waals surface area contributed by atoms with E-state index in [2.05, 4.69) is 19.4 Å². The average Bonchev–Trinajstić information content (AvgIpc) is 3.27. The van der Waals surface area contributed by atoms with Gasteiger partial charge in [-0.3, -0.25) is 4.57 Å². The van der Waals surface area contributed by atoms with Gasteiger partial charge in [-0.05, 0) is 67.6 Å². The van der Waals surface area contributed by atoms with E-state index in [0.29, 0.717) is 12.5 Å². The van der Waals surface area contributed by atoms with E-state index in [4.69, 9.17) is 0 Å². The van der Waals surface area contributed by atoms with Crippen LogP contribution >= 0.6 is 12.4 Å². The van der Waals surface area contributed by atoms with Crippen LogP contribution in [-0.4, -0.2) is 40.4 Å². The number of unbranched alkanes of at least 4 members (excludes halogenated alkanes) is 1. The third kappa shape index (κ3) is 5.21. The maximum atomic E-state index is 13.5. The van der Waals surface area contributed by atoms with E-state index >= 15 is 0 Å². The lowest BCUT2D eigenvalue weighted by molar-refractivity contribution is -0.286. The molecule has 39 heavy (non-hydrogen) atoms. The van der Waals surface area contributed by atoms with Crippen LogP contribution in [0, 0.1) is 5.92 Å². The summed E-state index contributed by atoms with van der Waals surface area (Å²) in [6.07, 6.45) is -3.93. The van der Waals surface area contributed by atoms with Gasteiger partial charge < -0.3 is 14.4 Å². The second-order valence-electron chi connectivity index (χ2n) is 10.2. The molecule has 0 amide bonds. The van der Waals surface area contributed by atoms with Crippen LogP contribution in [0.1, 0.15) is 30.4 Å². The van der Waals surface area contributed by atoms with Gasteiger partial charge in [0.05, 0.1) is 11.3 Å². The van der Waals surface area contributed by atoms with Crippen LogP contribution < -0.4 is 15.2 Å². The molecular weight excluding hydrogens is 545 g/mol. The van der Waals surface area contributed by atoms with Crippen molar-refractivity contribution in [1.82, 2.24) is 14.5 Å². The molecule has 3 aromatic rings. The topological polar surface area (TPSA) is 56.6 Å². The lowest BCUT2D eigenvalue weighted by Gasteiger charge is -2.21. The van der Waals surface area contributed by atoms with E-state index in [9.17, 15) is 26.7 Å². The Morgan fingerprint density at radius 1 is 1.00 bits per heavy atom. The van der Waals surface area contributed by atoms with Crippen LogP contribution in [0.4, 0.5) is 22.0 Å². The third-order valence-electron chi connectivity index (χ3n) is 7.71. The molecule has 0 bridgehead atoms. The number of likely N-dealkylation sites (tertiary alicyclic amines) is 1. The van der Waals surface area contributed by atoms with Crippen LogP contribution in [0.5, 0.6) is 11.5 Å². The number of aryl methyl sites for hydroxylation is 1. The van der Waals surface area contributed by atoms with Crippen molar-refractivity contribution in [2.24, 2.45) is 5.92 Å². The van der Waals surface area contributed by atoms with Crippen molar-refractivity contribution in [2.45, 2.75) is 43.7 Å². The summed E-state index contributed by atoms with van der Waals surface area (Å²) < 4.78 is 76.1. The molecule has 1 aromatic heterocycles. The molecule has 208 valence electrons. The predicted octanol–water partition coefficient (Wildman–Crippen LogP) is 5.73. The number of hydrogen-bond donors (Lipinski definition) is 0. The molecule has 3 aliphatic rings. The average molecular weight is 570 g/mol. The molecule has 2 aliphatic heterocycles. The van der Waals surface area contributed by atoms with E-state index < -0.39 is 23.7 Å². The number of aromatic nitrogens is 2. The van der Waals surface area contributed by atoms with E-state index in [-0.39, 0.29) is 40.6 Å². The van der Waals surface area contributed by atoms with Crippen molar-refractivity contribution < 1.29 is 31.4 Å². The zero-order valence-corrected chi connectivity index (χ0v) is 21.4. The molecule has 0 unspecified atom stereocenters. The number of hydrogen-bond acceptors (Lipinski definition) is 5. The summed E-state index contributed by atoms with van der Waals surface area (Å²) in [6, 6.07) is 11.6. The largest absolute Gasteiger partial charge is 0.586 e. The molecule has 1 saturated heterocycles. The monoisotopic (exact) mass is 569 g/mol. The Morgan fingerprint density at radius 2 is 1.74 bits per heavy atom. The fourth-order valence-electron chi connectivity index (χ4n) is 5.73. The van der Waals surface area contributed by atoms with Crippen molar-refractivity contribution in [3.05, 3.63) is 76.3 Å². The molecule has 1 aliphatic carbocycles. The fourth-order valence-corrected chi connectivity index (χ4v) is 5.73. The standard InChI is InChI=1S/C27H24F5N3O3.ClH/c28-26(29,30)18-8-6-17(7-9-18)25-14-19(25)15-34(16-25)11-1-2-12-35-13-10-21(33-24(35)36)20-4-3-5-22-23(20)38-27(31,32)37-22;/h3-10,13,19H,1-2,11-12,14-16H2;1H/t19-,25+;/m0./s1. The van der Waals surface area contributed by atoms with Gasteiger partial charge in [0.2, 0.25) is 0 Å². The highest BCUT2D eigenvalue weighted by molar-refractivity contribution is 5.85. The minimum atomic E-state index is -4.33. The first-order chi connectivity index (χ1) is 18.0. The molecule has 2 atom stereocenters. The molecule has 12 heteroatoms. The number of ether oxygens (including phenoxy) is 2. The maximum absolute atomic E-state index is 13.5.